The predicted molar refractivity (Wildman–Crippen MR) is 69.0 cm³/mol. The van der Waals surface area contributed by atoms with Crippen molar-refractivity contribution in [2.24, 2.45) is 11.7 Å². The van der Waals surface area contributed by atoms with Crippen LogP contribution in [0.5, 0.6) is 0 Å². The first-order valence-corrected chi connectivity index (χ1v) is 5.56. The quantitative estimate of drug-likeness (QED) is 0.375. The molecule has 0 saturated carbocycles. The van der Waals surface area contributed by atoms with Crippen molar-refractivity contribution in [2.75, 3.05) is 0 Å². The van der Waals surface area contributed by atoms with E-state index in [1.54, 1.807) is 28.7 Å². The van der Waals surface area contributed by atoms with E-state index in [-0.39, 0.29) is 3.79 Å². The van der Waals surface area contributed by atoms with Crippen molar-refractivity contribution in [3.05, 3.63) is 35.6 Å². The molecule has 3 heteroatoms. The fourth-order valence-electron chi connectivity index (χ4n) is 0.851. The van der Waals surface area contributed by atoms with Gasteiger partial charge in [-0.2, -0.15) is 0 Å². The summed E-state index contributed by atoms with van der Waals surface area (Å²) in [6, 6.07) is 0. The first-order chi connectivity index (χ1) is 6.49. The number of hydrogen-bond acceptors (Lipinski definition) is 2. The van der Waals surface area contributed by atoms with Gasteiger partial charge in [0, 0.05) is 22.6 Å². The van der Waals surface area contributed by atoms with E-state index in [1.807, 2.05) is 25.2 Å². The van der Waals surface area contributed by atoms with E-state index >= 15 is 0 Å². The standard InChI is InChI=1S/C11H16INO/c1-4-5-6-9(8(2)3)7-10(13)11(12)14/h4-8H,13H2,1-3H3/b5-4-,9-6+,10-7-. The summed E-state index contributed by atoms with van der Waals surface area (Å²) in [4.78, 5) is 10.9. The van der Waals surface area contributed by atoms with Crippen LogP contribution in [0.15, 0.2) is 35.6 Å². The Hall–Kier alpha value is -0.580. The van der Waals surface area contributed by atoms with Crippen molar-refractivity contribution in [3.63, 3.8) is 0 Å². The lowest BCUT2D eigenvalue weighted by Gasteiger charge is -2.05. The Balaban J connectivity index is 4.87. The second-order valence-electron chi connectivity index (χ2n) is 3.22. The summed E-state index contributed by atoms with van der Waals surface area (Å²) in [7, 11) is 0. The molecule has 0 bridgehead atoms. The van der Waals surface area contributed by atoms with E-state index < -0.39 is 0 Å². The van der Waals surface area contributed by atoms with Gasteiger partial charge in [0.15, 0.2) is 0 Å². The molecule has 0 rings (SSSR count). The lowest BCUT2D eigenvalue weighted by Crippen LogP contribution is -2.06. The molecule has 0 unspecified atom stereocenters. The maximum Gasteiger partial charge on any atom is 0.237 e. The molecule has 2 nitrogen and oxygen atoms in total. The van der Waals surface area contributed by atoms with Crippen LogP contribution in [0, 0.1) is 5.92 Å². The third kappa shape index (κ3) is 5.21. The zero-order valence-electron chi connectivity index (χ0n) is 8.75. The molecule has 78 valence electrons. The van der Waals surface area contributed by atoms with E-state index in [2.05, 4.69) is 13.8 Å². The molecule has 0 aliphatic rings. The predicted octanol–water partition coefficient (Wildman–Crippen LogP) is 2.95. The van der Waals surface area contributed by atoms with Gasteiger partial charge in [0.1, 0.15) is 0 Å². The lowest BCUT2D eigenvalue weighted by atomic mass is 10.0. The molecule has 0 fully saturated rings. The third-order valence-electron chi connectivity index (χ3n) is 1.70. The molecule has 0 aromatic rings. The van der Waals surface area contributed by atoms with Crippen LogP contribution >= 0.6 is 22.6 Å². The summed E-state index contributed by atoms with van der Waals surface area (Å²) in [6.07, 6.45) is 7.59. The molecule has 0 atom stereocenters. The second kappa shape index (κ2) is 6.81. The first-order valence-electron chi connectivity index (χ1n) is 4.49. The van der Waals surface area contributed by atoms with Gasteiger partial charge in [-0.3, -0.25) is 4.79 Å². The minimum atomic E-state index is -0.116. The number of carbonyl (C=O) groups excluding carboxylic acids is 1. The smallest absolute Gasteiger partial charge is 0.237 e. The Labute approximate surface area is 99.1 Å². The lowest BCUT2D eigenvalue weighted by molar-refractivity contribution is -0.106. The molecule has 14 heavy (non-hydrogen) atoms. The first kappa shape index (κ1) is 13.4. The Bertz CT molecular complexity index is 288. The molecule has 0 aliphatic carbocycles. The van der Waals surface area contributed by atoms with Crippen molar-refractivity contribution < 1.29 is 4.79 Å². The summed E-state index contributed by atoms with van der Waals surface area (Å²) in [5, 5.41) is 0. The van der Waals surface area contributed by atoms with Gasteiger partial charge in [-0.15, -0.1) is 0 Å². The van der Waals surface area contributed by atoms with Crippen molar-refractivity contribution in [1.29, 1.82) is 0 Å². The minimum absolute atomic E-state index is 0.116. The summed E-state index contributed by atoms with van der Waals surface area (Å²) in [6.45, 7) is 6.08. The van der Waals surface area contributed by atoms with E-state index in [9.17, 15) is 4.79 Å². The van der Waals surface area contributed by atoms with Crippen molar-refractivity contribution >= 4 is 26.4 Å². The zero-order valence-corrected chi connectivity index (χ0v) is 10.9. The molecule has 0 aromatic carbocycles. The Morgan fingerprint density at radius 1 is 1.43 bits per heavy atom. The average molecular weight is 305 g/mol. The SMILES string of the molecule is C\C=C/C=C(\C=C(/N)C(=O)I)C(C)C. The topological polar surface area (TPSA) is 43.1 Å². The maximum absolute atomic E-state index is 10.9. The molecule has 0 radical (unpaired) electrons. The van der Waals surface area contributed by atoms with Crippen LogP contribution in [0.3, 0.4) is 0 Å². The number of nitrogens with two attached hydrogens (primary N) is 1. The zero-order chi connectivity index (χ0) is 11.1. The van der Waals surface area contributed by atoms with E-state index in [0.717, 1.165) is 5.57 Å². The fraction of sp³-hybridized carbons (Fsp3) is 0.364. The Morgan fingerprint density at radius 2 is 2.00 bits per heavy atom. The Kier molecular flexibility index (Phi) is 6.53. The molecule has 0 amide bonds. The van der Waals surface area contributed by atoms with Crippen LogP contribution in [-0.2, 0) is 4.79 Å². The summed E-state index contributed by atoms with van der Waals surface area (Å²) in [5.41, 5.74) is 6.93. The highest BCUT2D eigenvalue weighted by atomic mass is 127. The van der Waals surface area contributed by atoms with Crippen molar-refractivity contribution in [3.8, 4) is 0 Å². The number of halogens is 1. The van der Waals surface area contributed by atoms with Gasteiger partial charge in [-0.1, -0.05) is 32.1 Å². The number of allylic oxidation sites excluding steroid dienone is 6. The second-order valence-corrected chi connectivity index (χ2v) is 4.20. The minimum Gasteiger partial charge on any atom is -0.395 e. The summed E-state index contributed by atoms with van der Waals surface area (Å²) < 4.78 is -0.116. The van der Waals surface area contributed by atoms with Crippen LogP contribution in [0.2, 0.25) is 0 Å². The molecular formula is C11H16INO. The Morgan fingerprint density at radius 3 is 2.36 bits per heavy atom. The number of carbonyl (C=O) groups is 1. The van der Waals surface area contributed by atoms with Crippen molar-refractivity contribution in [1.82, 2.24) is 0 Å². The van der Waals surface area contributed by atoms with Gasteiger partial charge in [-0.25, -0.2) is 0 Å². The third-order valence-corrected chi connectivity index (χ3v) is 2.32. The molecule has 0 aliphatic heterocycles. The van der Waals surface area contributed by atoms with E-state index in [0.29, 0.717) is 11.6 Å². The average Bonchev–Trinajstić information content (AvgIpc) is 2.10. The molecule has 0 heterocycles. The number of rotatable bonds is 4. The van der Waals surface area contributed by atoms with Crippen molar-refractivity contribution in [2.45, 2.75) is 20.8 Å². The van der Waals surface area contributed by atoms with E-state index in [1.165, 1.54) is 0 Å². The molecule has 0 saturated heterocycles. The number of hydrogen-bond donors (Lipinski definition) is 1. The highest BCUT2D eigenvalue weighted by molar-refractivity contribution is 14.1. The normalized spacial score (nSPS) is 14.1. The van der Waals surface area contributed by atoms with Gasteiger partial charge in [-0.05, 0) is 24.5 Å². The van der Waals surface area contributed by atoms with Crippen LogP contribution < -0.4 is 5.73 Å². The molecular weight excluding hydrogens is 289 g/mol. The summed E-state index contributed by atoms with van der Waals surface area (Å²) >= 11 is 1.69. The molecule has 0 aromatic heterocycles. The van der Waals surface area contributed by atoms with Gasteiger partial charge in [0.25, 0.3) is 0 Å². The summed E-state index contributed by atoms with van der Waals surface area (Å²) in [5.74, 6) is 0.362. The van der Waals surface area contributed by atoms with Crippen LogP contribution in [0.25, 0.3) is 0 Å². The van der Waals surface area contributed by atoms with Crippen LogP contribution in [0.1, 0.15) is 20.8 Å². The highest BCUT2D eigenvalue weighted by Gasteiger charge is 2.03. The van der Waals surface area contributed by atoms with Gasteiger partial charge in [0.2, 0.25) is 3.79 Å². The monoisotopic (exact) mass is 305 g/mol. The largest absolute Gasteiger partial charge is 0.395 e. The highest BCUT2D eigenvalue weighted by Crippen LogP contribution is 2.13. The molecule has 2 N–H and O–H groups in total. The van der Waals surface area contributed by atoms with Crippen LogP contribution in [-0.4, -0.2) is 3.79 Å². The fourth-order valence-corrected chi connectivity index (χ4v) is 1.01. The van der Waals surface area contributed by atoms with E-state index in [4.69, 9.17) is 5.73 Å². The van der Waals surface area contributed by atoms with Gasteiger partial charge < -0.3 is 5.73 Å². The van der Waals surface area contributed by atoms with Crippen LogP contribution in [0.4, 0.5) is 0 Å². The van der Waals surface area contributed by atoms with Gasteiger partial charge >= 0.3 is 0 Å². The maximum atomic E-state index is 10.9. The molecule has 0 spiro atoms. The van der Waals surface area contributed by atoms with Gasteiger partial charge in [0.05, 0.1) is 5.70 Å².